The molecule has 0 aliphatic heterocycles. The van der Waals surface area contributed by atoms with E-state index >= 15 is 0 Å². The van der Waals surface area contributed by atoms with Crippen LogP contribution in [-0.4, -0.2) is 16.8 Å². The zero-order valence-corrected chi connectivity index (χ0v) is 13.9. The van der Waals surface area contributed by atoms with Gasteiger partial charge in [0.1, 0.15) is 0 Å². The number of aromatic nitrogens is 2. The number of thiophene rings is 1. The normalized spacial score (nSPS) is 13.0. The first-order valence-electron chi connectivity index (χ1n) is 6.94. The monoisotopic (exact) mass is 319 g/mol. The number of hydrogen-bond donors (Lipinski definition) is 1. The first-order chi connectivity index (χ1) is 10.1. The summed E-state index contributed by atoms with van der Waals surface area (Å²) in [6.45, 7) is 1.94. The maximum Gasteiger partial charge on any atom is 0.0847 e. The van der Waals surface area contributed by atoms with Gasteiger partial charge in [-0.2, -0.15) is 5.10 Å². The van der Waals surface area contributed by atoms with Gasteiger partial charge >= 0.3 is 0 Å². The van der Waals surface area contributed by atoms with E-state index in [4.69, 9.17) is 11.6 Å². The van der Waals surface area contributed by atoms with Crippen molar-refractivity contribution in [3.05, 3.63) is 51.6 Å². The maximum atomic E-state index is 6.37. The topological polar surface area (TPSA) is 29.9 Å². The average molecular weight is 320 g/mol. The highest BCUT2D eigenvalue weighted by Crippen LogP contribution is 2.32. The van der Waals surface area contributed by atoms with E-state index in [1.807, 2.05) is 37.0 Å². The van der Waals surface area contributed by atoms with Crippen molar-refractivity contribution in [3.8, 4) is 0 Å². The lowest BCUT2D eigenvalue weighted by Gasteiger charge is -2.14. The third-order valence-corrected chi connectivity index (χ3v) is 5.52. The summed E-state index contributed by atoms with van der Waals surface area (Å²) in [4.78, 5) is 1.33. The summed E-state index contributed by atoms with van der Waals surface area (Å²) in [5, 5.41) is 9.87. The van der Waals surface area contributed by atoms with Crippen LogP contribution in [0.4, 0.5) is 0 Å². The molecule has 0 saturated carbocycles. The standard InChI is InChI=1S/C16H18ClN3S/c1-10-16(17)13(20(3)19-10)9-12(18-2)15-8-11-6-4-5-7-14(11)21-15/h4-8,12,18H,9H2,1-3H3. The van der Waals surface area contributed by atoms with Crippen LogP contribution < -0.4 is 5.32 Å². The van der Waals surface area contributed by atoms with Gasteiger partial charge in [-0.05, 0) is 31.5 Å². The Kier molecular flexibility index (Phi) is 4.02. The highest BCUT2D eigenvalue weighted by molar-refractivity contribution is 7.19. The summed E-state index contributed by atoms with van der Waals surface area (Å²) >= 11 is 8.21. The highest BCUT2D eigenvalue weighted by Gasteiger charge is 2.19. The zero-order chi connectivity index (χ0) is 15.0. The first kappa shape index (κ1) is 14.6. The number of likely N-dealkylation sites (N-methyl/N-ethyl adjacent to an activating group) is 1. The van der Waals surface area contributed by atoms with E-state index in [-0.39, 0.29) is 6.04 Å². The molecule has 1 aromatic carbocycles. The highest BCUT2D eigenvalue weighted by atomic mass is 35.5. The minimum absolute atomic E-state index is 0.245. The quantitative estimate of drug-likeness (QED) is 0.784. The third kappa shape index (κ3) is 2.71. The van der Waals surface area contributed by atoms with Crippen LogP contribution in [0.2, 0.25) is 5.02 Å². The molecule has 1 N–H and O–H groups in total. The van der Waals surface area contributed by atoms with Gasteiger partial charge in [0.2, 0.25) is 0 Å². The van der Waals surface area contributed by atoms with Gasteiger partial charge in [-0.15, -0.1) is 11.3 Å². The molecule has 5 heteroatoms. The molecular formula is C16H18ClN3S. The van der Waals surface area contributed by atoms with Gasteiger partial charge in [0.05, 0.1) is 16.4 Å². The van der Waals surface area contributed by atoms with Crippen molar-refractivity contribution in [1.29, 1.82) is 0 Å². The van der Waals surface area contributed by atoms with E-state index in [1.165, 1.54) is 15.0 Å². The molecule has 0 aliphatic rings. The molecule has 0 spiro atoms. The maximum absolute atomic E-state index is 6.37. The van der Waals surface area contributed by atoms with Crippen LogP contribution in [0, 0.1) is 6.92 Å². The summed E-state index contributed by atoms with van der Waals surface area (Å²) in [5.41, 5.74) is 1.96. The van der Waals surface area contributed by atoms with Crippen LogP contribution in [0.1, 0.15) is 22.3 Å². The summed E-state index contributed by atoms with van der Waals surface area (Å²) in [6, 6.07) is 11.0. The van der Waals surface area contributed by atoms with E-state index < -0.39 is 0 Å². The fourth-order valence-electron chi connectivity index (χ4n) is 2.61. The molecule has 0 radical (unpaired) electrons. The van der Waals surface area contributed by atoms with Crippen molar-refractivity contribution in [2.45, 2.75) is 19.4 Å². The van der Waals surface area contributed by atoms with Gasteiger partial charge in [-0.3, -0.25) is 4.68 Å². The van der Waals surface area contributed by atoms with Crippen molar-refractivity contribution in [1.82, 2.24) is 15.1 Å². The second-order valence-electron chi connectivity index (χ2n) is 5.20. The van der Waals surface area contributed by atoms with Crippen LogP contribution in [-0.2, 0) is 13.5 Å². The summed E-state index contributed by atoms with van der Waals surface area (Å²) in [6.07, 6.45) is 0.833. The molecule has 0 fully saturated rings. The van der Waals surface area contributed by atoms with Crippen LogP contribution in [0.25, 0.3) is 10.1 Å². The van der Waals surface area contributed by atoms with Gasteiger partial charge in [-0.25, -0.2) is 0 Å². The van der Waals surface area contributed by atoms with E-state index in [0.29, 0.717) is 0 Å². The largest absolute Gasteiger partial charge is 0.312 e. The number of rotatable bonds is 4. The van der Waals surface area contributed by atoms with Gasteiger partial charge in [0.25, 0.3) is 0 Å². The van der Waals surface area contributed by atoms with Crippen molar-refractivity contribution in [3.63, 3.8) is 0 Å². The number of halogens is 1. The number of nitrogens with zero attached hydrogens (tertiary/aromatic N) is 2. The second kappa shape index (κ2) is 5.79. The molecule has 0 amide bonds. The molecule has 1 atom stereocenters. The Labute approximate surface area is 133 Å². The fourth-order valence-corrected chi connectivity index (χ4v) is 4.03. The number of aryl methyl sites for hydroxylation is 2. The third-order valence-electron chi connectivity index (χ3n) is 3.80. The van der Waals surface area contributed by atoms with Crippen molar-refractivity contribution >= 4 is 33.0 Å². The summed E-state index contributed by atoms with van der Waals surface area (Å²) < 4.78 is 3.20. The van der Waals surface area contributed by atoms with Crippen LogP contribution in [0.3, 0.4) is 0 Å². The minimum atomic E-state index is 0.245. The van der Waals surface area contributed by atoms with Crippen molar-refractivity contribution < 1.29 is 0 Å². The average Bonchev–Trinajstić information content (AvgIpc) is 3.00. The molecule has 1 unspecified atom stereocenters. The molecule has 110 valence electrons. The Hall–Kier alpha value is -1.36. The second-order valence-corrected chi connectivity index (χ2v) is 6.69. The van der Waals surface area contributed by atoms with E-state index in [9.17, 15) is 0 Å². The lowest BCUT2D eigenvalue weighted by atomic mass is 10.1. The lowest BCUT2D eigenvalue weighted by Crippen LogP contribution is -2.19. The first-order valence-corrected chi connectivity index (χ1v) is 8.13. The predicted molar refractivity (Wildman–Crippen MR) is 90.3 cm³/mol. The Morgan fingerprint density at radius 3 is 2.76 bits per heavy atom. The molecule has 3 nitrogen and oxygen atoms in total. The Morgan fingerprint density at radius 2 is 2.14 bits per heavy atom. The number of hydrogen-bond acceptors (Lipinski definition) is 3. The van der Waals surface area contributed by atoms with Crippen molar-refractivity contribution in [2.75, 3.05) is 7.05 Å². The lowest BCUT2D eigenvalue weighted by molar-refractivity contribution is 0.569. The molecule has 0 saturated heterocycles. The van der Waals surface area contributed by atoms with Gasteiger partial charge in [0, 0.05) is 29.1 Å². The number of fused-ring (bicyclic) bond motifs is 1. The number of benzene rings is 1. The summed E-state index contributed by atoms with van der Waals surface area (Å²) in [7, 11) is 3.94. The number of nitrogens with one attached hydrogen (secondary N) is 1. The summed E-state index contributed by atoms with van der Waals surface area (Å²) in [5.74, 6) is 0. The predicted octanol–water partition coefficient (Wildman–Crippen LogP) is 4.10. The molecule has 2 aromatic heterocycles. The van der Waals surface area contributed by atoms with Crippen LogP contribution in [0.15, 0.2) is 30.3 Å². The smallest absolute Gasteiger partial charge is 0.0847 e. The van der Waals surface area contributed by atoms with Crippen molar-refractivity contribution in [2.24, 2.45) is 7.05 Å². The Balaban J connectivity index is 1.94. The minimum Gasteiger partial charge on any atom is -0.312 e. The van der Waals surface area contributed by atoms with E-state index in [0.717, 1.165) is 22.8 Å². The molecule has 21 heavy (non-hydrogen) atoms. The molecule has 3 aromatic rings. The van der Waals surface area contributed by atoms with Crippen LogP contribution >= 0.6 is 22.9 Å². The van der Waals surface area contributed by atoms with E-state index in [2.05, 4.69) is 40.7 Å². The van der Waals surface area contributed by atoms with Gasteiger partial charge < -0.3 is 5.32 Å². The SMILES string of the molecule is CNC(Cc1c(Cl)c(C)nn1C)c1cc2ccccc2s1. The van der Waals surface area contributed by atoms with Crippen LogP contribution in [0.5, 0.6) is 0 Å². The van der Waals surface area contributed by atoms with Gasteiger partial charge in [-0.1, -0.05) is 29.8 Å². The molecule has 0 aliphatic carbocycles. The molecular weight excluding hydrogens is 302 g/mol. The molecule has 0 bridgehead atoms. The zero-order valence-electron chi connectivity index (χ0n) is 12.4. The van der Waals surface area contributed by atoms with Gasteiger partial charge in [0.15, 0.2) is 0 Å². The van der Waals surface area contributed by atoms with E-state index in [1.54, 1.807) is 0 Å². The Bertz CT molecular complexity index is 742. The Morgan fingerprint density at radius 1 is 1.38 bits per heavy atom. The molecule has 2 heterocycles. The fraction of sp³-hybridized carbons (Fsp3) is 0.312. The molecule has 3 rings (SSSR count).